The van der Waals surface area contributed by atoms with Crippen LogP contribution in [0.2, 0.25) is 0 Å². The minimum Gasteiger partial charge on any atom is -0.338 e. The Morgan fingerprint density at radius 1 is 1.00 bits per heavy atom. The van der Waals surface area contributed by atoms with Crippen LogP contribution in [0.3, 0.4) is 0 Å². The topological polar surface area (TPSA) is 57.8 Å². The highest BCUT2D eigenvalue weighted by Gasteiger charge is 2.06. The van der Waals surface area contributed by atoms with E-state index in [2.05, 4.69) is 60.3 Å². The SMILES string of the molecule is Cc1ccc2nc(-c3ccc(NC(=O)/C=C\c4ccc(C(C)C)cc4)cc3)[nH]c2c1. The quantitative estimate of drug-likeness (QED) is 0.389. The number of fused-ring (bicyclic) bond motifs is 1. The number of H-pyrrole nitrogens is 1. The molecule has 0 fully saturated rings. The standard InChI is InChI=1S/C26H25N3O/c1-17(2)20-8-5-19(6-9-20)7-15-25(30)27-22-12-10-21(11-13-22)26-28-23-14-4-18(3)16-24(23)29-26/h4-17H,1-3H3,(H,27,30)(H,28,29)/b15-7-. The zero-order valence-electron chi connectivity index (χ0n) is 17.4. The fourth-order valence-corrected chi connectivity index (χ4v) is 3.32. The number of amides is 1. The molecule has 1 aromatic heterocycles. The molecule has 1 amide bonds. The smallest absolute Gasteiger partial charge is 0.248 e. The van der Waals surface area contributed by atoms with E-state index in [0.717, 1.165) is 33.7 Å². The van der Waals surface area contributed by atoms with Crippen molar-refractivity contribution in [2.24, 2.45) is 0 Å². The first-order chi connectivity index (χ1) is 14.5. The Morgan fingerprint density at radius 2 is 1.73 bits per heavy atom. The largest absolute Gasteiger partial charge is 0.338 e. The highest BCUT2D eigenvalue weighted by Crippen LogP contribution is 2.23. The summed E-state index contributed by atoms with van der Waals surface area (Å²) in [6, 6.07) is 22.1. The molecule has 0 unspecified atom stereocenters. The van der Waals surface area contributed by atoms with Gasteiger partial charge in [-0.3, -0.25) is 4.79 Å². The second-order valence-electron chi connectivity index (χ2n) is 7.83. The number of hydrogen-bond donors (Lipinski definition) is 2. The lowest BCUT2D eigenvalue weighted by Crippen LogP contribution is -2.07. The van der Waals surface area contributed by atoms with E-state index >= 15 is 0 Å². The van der Waals surface area contributed by atoms with Crippen LogP contribution >= 0.6 is 0 Å². The van der Waals surface area contributed by atoms with Gasteiger partial charge in [-0.05, 0) is 72.0 Å². The van der Waals surface area contributed by atoms with E-state index in [1.165, 1.54) is 11.1 Å². The number of anilines is 1. The van der Waals surface area contributed by atoms with E-state index in [0.29, 0.717) is 5.92 Å². The van der Waals surface area contributed by atoms with Crippen molar-refractivity contribution >= 4 is 28.7 Å². The number of hydrogen-bond acceptors (Lipinski definition) is 2. The lowest BCUT2D eigenvalue weighted by atomic mass is 10.0. The zero-order valence-corrected chi connectivity index (χ0v) is 17.4. The summed E-state index contributed by atoms with van der Waals surface area (Å²) in [4.78, 5) is 20.2. The van der Waals surface area contributed by atoms with Gasteiger partial charge in [-0.2, -0.15) is 0 Å². The van der Waals surface area contributed by atoms with Gasteiger partial charge in [0.25, 0.3) is 0 Å². The van der Waals surface area contributed by atoms with Gasteiger partial charge in [0.05, 0.1) is 11.0 Å². The Morgan fingerprint density at radius 3 is 2.43 bits per heavy atom. The number of benzene rings is 3. The number of aromatic amines is 1. The summed E-state index contributed by atoms with van der Waals surface area (Å²) in [5.74, 6) is 1.16. The summed E-state index contributed by atoms with van der Waals surface area (Å²) < 4.78 is 0. The van der Waals surface area contributed by atoms with E-state index < -0.39 is 0 Å². The van der Waals surface area contributed by atoms with Crippen LogP contribution in [0, 0.1) is 6.92 Å². The molecule has 4 rings (SSSR count). The molecule has 1 heterocycles. The minimum absolute atomic E-state index is 0.158. The van der Waals surface area contributed by atoms with Crippen LogP contribution < -0.4 is 5.32 Å². The van der Waals surface area contributed by atoms with Crippen molar-refractivity contribution in [3.8, 4) is 11.4 Å². The second kappa shape index (κ2) is 8.37. The van der Waals surface area contributed by atoms with E-state index in [-0.39, 0.29) is 5.91 Å². The summed E-state index contributed by atoms with van der Waals surface area (Å²) >= 11 is 0. The second-order valence-corrected chi connectivity index (χ2v) is 7.83. The molecule has 0 radical (unpaired) electrons. The third kappa shape index (κ3) is 4.49. The number of imidazole rings is 1. The van der Waals surface area contributed by atoms with Gasteiger partial charge in [0, 0.05) is 17.3 Å². The first kappa shape index (κ1) is 19.6. The average molecular weight is 396 g/mol. The molecule has 0 aliphatic rings. The third-order valence-corrected chi connectivity index (χ3v) is 5.09. The van der Waals surface area contributed by atoms with Gasteiger partial charge in [0.2, 0.25) is 5.91 Å². The summed E-state index contributed by atoms with van der Waals surface area (Å²) in [5, 5.41) is 2.90. The molecule has 4 nitrogen and oxygen atoms in total. The maximum absolute atomic E-state index is 12.2. The summed E-state index contributed by atoms with van der Waals surface area (Å²) in [5.41, 5.74) is 7.17. The fraction of sp³-hybridized carbons (Fsp3) is 0.154. The van der Waals surface area contributed by atoms with Gasteiger partial charge >= 0.3 is 0 Å². The predicted molar refractivity (Wildman–Crippen MR) is 124 cm³/mol. The van der Waals surface area contributed by atoms with Crippen LogP contribution in [0.4, 0.5) is 5.69 Å². The van der Waals surface area contributed by atoms with Crippen molar-refractivity contribution in [3.63, 3.8) is 0 Å². The van der Waals surface area contributed by atoms with Crippen molar-refractivity contribution in [2.75, 3.05) is 5.32 Å². The number of nitrogens with one attached hydrogen (secondary N) is 2. The van der Waals surface area contributed by atoms with Crippen molar-refractivity contribution in [2.45, 2.75) is 26.7 Å². The number of aromatic nitrogens is 2. The summed E-state index contributed by atoms with van der Waals surface area (Å²) in [6.45, 7) is 6.39. The number of rotatable bonds is 5. The average Bonchev–Trinajstić information content (AvgIpc) is 3.16. The predicted octanol–water partition coefficient (Wildman–Crippen LogP) is 6.31. The van der Waals surface area contributed by atoms with Crippen molar-refractivity contribution in [1.82, 2.24) is 9.97 Å². The Hall–Kier alpha value is -3.66. The lowest BCUT2D eigenvalue weighted by Gasteiger charge is -2.05. The van der Waals surface area contributed by atoms with E-state index in [1.54, 1.807) is 6.08 Å². The molecule has 0 aliphatic carbocycles. The molecule has 0 spiro atoms. The molecule has 0 atom stereocenters. The molecular formula is C26H25N3O. The molecule has 150 valence electrons. The fourth-order valence-electron chi connectivity index (χ4n) is 3.32. The van der Waals surface area contributed by atoms with E-state index in [9.17, 15) is 4.79 Å². The third-order valence-electron chi connectivity index (χ3n) is 5.09. The van der Waals surface area contributed by atoms with Gasteiger partial charge in [-0.25, -0.2) is 4.98 Å². The number of carbonyl (C=O) groups excluding carboxylic acids is 1. The normalized spacial score (nSPS) is 11.5. The molecule has 0 saturated carbocycles. The van der Waals surface area contributed by atoms with Crippen LogP contribution in [0.15, 0.2) is 72.8 Å². The van der Waals surface area contributed by atoms with Crippen molar-refractivity contribution in [1.29, 1.82) is 0 Å². The van der Waals surface area contributed by atoms with Crippen LogP contribution in [0.5, 0.6) is 0 Å². The van der Waals surface area contributed by atoms with Gasteiger partial charge in [-0.1, -0.05) is 44.2 Å². The van der Waals surface area contributed by atoms with Gasteiger partial charge in [-0.15, -0.1) is 0 Å². The molecule has 30 heavy (non-hydrogen) atoms. The Labute approximate surface area is 176 Å². The highest BCUT2D eigenvalue weighted by molar-refractivity contribution is 6.02. The Bertz CT molecular complexity index is 1200. The van der Waals surface area contributed by atoms with Gasteiger partial charge in [0.15, 0.2) is 0 Å². The maximum atomic E-state index is 12.2. The van der Waals surface area contributed by atoms with Crippen molar-refractivity contribution in [3.05, 3.63) is 89.5 Å². The summed E-state index contributed by atoms with van der Waals surface area (Å²) in [6.07, 6.45) is 3.38. The molecule has 4 heteroatoms. The molecule has 2 N–H and O–H groups in total. The monoisotopic (exact) mass is 395 g/mol. The molecule has 0 bridgehead atoms. The van der Waals surface area contributed by atoms with E-state index in [1.807, 2.05) is 48.5 Å². The number of carbonyl (C=O) groups is 1. The molecule has 4 aromatic rings. The number of nitrogens with zero attached hydrogens (tertiary/aromatic N) is 1. The lowest BCUT2D eigenvalue weighted by molar-refractivity contribution is -0.111. The van der Waals surface area contributed by atoms with E-state index in [4.69, 9.17) is 0 Å². The first-order valence-corrected chi connectivity index (χ1v) is 10.1. The number of aryl methyl sites for hydroxylation is 1. The van der Waals surface area contributed by atoms with Crippen LogP contribution in [-0.2, 0) is 4.79 Å². The first-order valence-electron chi connectivity index (χ1n) is 10.1. The Balaban J connectivity index is 1.41. The molecule has 0 saturated heterocycles. The molecule has 3 aromatic carbocycles. The zero-order chi connectivity index (χ0) is 21.1. The maximum Gasteiger partial charge on any atom is 0.248 e. The minimum atomic E-state index is -0.158. The Kier molecular flexibility index (Phi) is 5.48. The van der Waals surface area contributed by atoms with Gasteiger partial charge < -0.3 is 10.3 Å². The van der Waals surface area contributed by atoms with Gasteiger partial charge in [0.1, 0.15) is 5.82 Å². The summed E-state index contributed by atoms with van der Waals surface area (Å²) in [7, 11) is 0. The van der Waals surface area contributed by atoms with Crippen LogP contribution in [0.1, 0.15) is 36.5 Å². The molecular weight excluding hydrogens is 370 g/mol. The van der Waals surface area contributed by atoms with Crippen LogP contribution in [-0.4, -0.2) is 15.9 Å². The van der Waals surface area contributed by atoms with Crippen LogP contribution in [0.25, 0.3) is 28.5 Å². The van der Waals surface area contributed by atoms with Crippen molar-refractivity contribution < 1.29 is 4.79 Å². The molecule has 0 aliphatic heterocycles. The highest BCUT2D eigenvalue weighted by atomic mass is 16.1.